The lowest BCUT2D eigenvalue weighted by Crippen LogP contribution is -1.98. The molecule has 4 rings (SSSR count). The molecule has 1 aliphatic rings. The number of rotatable bonds is 2. The summed E-state index contributed by atoms with van der Waals surface area (Å²) in [5.74, 6) is -0.186. The molecule has 21 heavy (non-hydrogen) atoms. The number of aromatic nitrogens is 4. The maximum atomic E-state index is 14.0. The van der Waals surface area contributed by atoms with Gasteiger partial charge in [-0.15, -0.1) is 0 Å². The van der Waals surface area contributed by atoms with Gasteiger partial charge in [0.1, 0.15) is 11.0 Å². The maximum Gasteiger partial charge on any atom is 0.157 e. The average molecular weight is 323 g/mol. The molecule has 0 saturated heterocycles. The van der Waals surface area contributed by atoms with Gasteiger partial charge in [0.2, 0.25) is 0 Å². The molecule has 3 aromatic heterocycles. The second-order valence-corrected chi connectivity index (χ2v) is 5.91. The van der Waals surface area contributed by atoms with Crippen LogP contribution in [0.15, 0.2) is 30.7 Å². The first-order valence-electron chi connectivity index (χ1n) is 6.44. The lowest BCUT2D eigenvalue weighted by atomic mass is 10.1. The summed E-state index contributed by atoms with van der Waals surface area (Å²) in [7, 11) is 0. The standard InChI is InChI=1S/C14H9Cl2FN4/c15-7-3-11(17)13(19-6-7)9-4-8(9)10-5-12(16)20-21-2-1-18-14(10)21/h1-3,5-6,8-9H,4H2/t8?,9-/m0/s1. The molecule has 0 amide bonds. The molecule has 4 nitrogen and oxygen atoms in total. The molecule has 0 aliphatic heterocycles. The molecule has 3 heterocycles. The molecule has 0 aromatic carbocycles. The number of hydrogen-bond acceptors (Lipinski definition) is 3. The molecule has 1 saturated carbocycles. The highest BCUT2D eigenvalue weighted by Crippen LogP contribution is 2.55. The van der Waals surface area contributed by atoms with Gasteiger partial charge in [-0.05, 0) is 24.5 Å². The molecular formula is C14H9Cl2FN4. The Kier molecular flexibility index (Phi) is 2.87. The fraction of sp³-hybridized carbons (Fsp3) is 0.214. The molecule has 0 radical (unpaired) electrons. The molecule has 106 valence electrons. The van der Waals surface area contributed by atoms with Crippen molar-refractivity contribution >= 4 is 28.8 Å². The van der Waals surface area contributed by atoms with E-state index in [1.807, 2.05) is 0 Å². The Hall–Kier alpha value is -1.72. The van der Waals surface area contributed by atoms with Crippen LogP contribution in [0.2, 0.25) is 10.2 Å². The molecule has 2 atom stereocenters. The first-order chi connectivity index (χ1) is 10.1. The molecule has 1 fully saturated rings. The van der Waals surface area contributed by atoms with Crippen molar-refractivity contribution in [1.82, 2.24) is 19.6 Å². The van der Waals surface area contributed by atoms with Crippen LogP contribution in [-0.4, -0.2) is 19.6 Å². The first-order valence-corrected chi connectivity index (χ1v) is 7.20. The van der Waals surface area contributed by atoms with Crippen LogP contribution in [-0.2, 0) is 0 Å². The predicted molar refractivity (Wildman–Crippen MR) is 77.3 cm³/mol. The van der Waals surface area contributed by atoms with E-state index in [9.17, 15) is 4.39 Å². The Morgan fingerprint density at radius 2 is 2.05 bits per heavy atom. The summed E-state index contributed by atoms with van der Waals surface area (Å²) in [6.07, 6.45) is 5.69. The van der Waals surface area contributed by atoms with Gasteiger partial charge in [0.25, 0.3) is 0 Å². The van der Waals surface area contributed by atoms with Gasteiger partial charge in [-0.2, -0.15) is 5.10 Å². The van der Waals surface area contributed by atoms with Crippen LogP contribution >= 0.6 is 23.2 Å². The normalized spacial score (nSPS) is 20.9. The minimum Gasteiger partial charge on any atom is -0.256 e. The molecule has 1 aliphatic carbocycles. The summed E-state index contributed by atoms with van der Waals surface area (Å²) >= 11 is 11.8. The van der Waals surface area contributed by atoms with Gasteiger partial charge in [0, 0.05) is 30.1 Å². The van der Waals surface area contributed by atoms with E-state index in [-0.39, 0.29) is 17.7 Å². The topological polar surface area (TPSA) is 43.1 Å². The van der Waals surface area contributed by atoms with Crippen LogP contribution in [0.3, 0.4) is 0 Å². The van der Waals surface area contributed by atoms with Crippen molar-refractivity contribution in [2.24, 2.45) is 0 Å². The van der Waals surface area contributed by atoms with Crippen molar-refractivity contribution in [3.05, 3.63) is 58.0 Å². The van der Waals surface area contributed by atoms with Crippen molar-refractivity contribution in [2.45, 2.75) is 18.3 Å². The summed E-state index contributed by atoms with van der Waals surface area (Å²) in [6.45, 7) is 0. The minimum absolute atomic E-state index is 0.0289. The fourth-order valence-electron chi connectivity index (χ4n) is 2.72. The largest absolute Gasteiger partial charge is 0.256 e. The highest BCUT2D eigenvalue weighted by Gasteiger charge is 2.43. The van der Waals surface area contributed by atoms with Gasteiger partial charge >= 0.3 is 0 Å². The number of pyridine rings is 1. The van der Waals surface area contributed by atoms with E-state index in [0.717, 1.165) is 17.6 Å². The third-order valence-corrected chi connectivity index (χ3v) is 4.13. The Labute approximate surface area is 129 Å². The lowest BCUT2D eigenvalue weighted by Gasteiger charge is -2.05. The van der Waals surface area contributed by atoms with E-state index in [0.29, 0.717) is 15.9 Å². The summed E-state index contributed by atoms with van der Waals surface area (Å²) in [5, 5.41) is 4.84. The van der Waals surface area contributed by atoms with E-state index in [1.165, 1.54) is 12.3 Å². The second-order valence-electron chi connectivity index (χ2n) is 5.09. The van der Waals surface area contributed by atoms with Crippen molar-refractivity contribution in [3.8, 4) is 0 Å². The predicted octanol–water partition coefficient (Wildman–Crippen LogP) is 3.84. The van der Waals surface area contributed by atoms with Crippen LogP contribution in [0.4, 0.5) is 4.39 Å². The van der Waals surface area contributed by atoms with Crippen molar-refractivity contribution in [3.63, 3.8) is 0 Å². The lowest BCUT2D eigenvalue weighted by molar-refractivity contribution is 0.598. The number of nitrogens with zero attached hydrogens (tertiary/aromatic N) is 4. The van der Waals surface area contributed by atoms with Crippen molar-refractivity contribution in [2.75, 3.05) is 0 Å². The van der Waals surface area contributed by atoms with Crippen LogP contribution in [0, 0.1) is 5.82 Å². The van der Waals surface area contributed by atoms with Gasteiger partial charge in [-0.1, -0.05) is 23.2 Å². The monoisotopic (exact) mass is 322 g/mol. The van der Waals surface area contributed by atoms with Crippen LogP contribution in [0.5, 0.6) is 0 Å². The molecular weight excluding hydrogens is 314 g/mol. The number of imidazole rings is 1. The quantitative estimate of drug-likeness (QED) is 0.720. The zero-order valence-electron chi connectivity index (χ0n) is 10.7. The van der Waals surface area contributed by atoms with Gasteiger partial charge < -0.3 is 0 Å². The Balaban J connectivity index is 1.74. The van der Waals surface area contributed by atoms with E-state index >= 15 is 0 Å². The van der Waals surface area contributed by atoms with E-state index < -0.39 is 0 Å². The highest BCUT2D eigenvalue weighted by atomic mass is 35.5. The number of halogens is 3. The first kappa shape index (κ1) is 13.0. The third kappa shape index (κ3) is 2.17. The van der Waals surface area contributed by atoms with Gasteiger partial charge in [-0.3, -0.25) is 4.98 Å². The highest BCUT2D eigenvalue weighted by molar-refractivity contribution is 6.30. The molecule has 3 aromatic rings. The third-order valence-electron chi connectivity index (χ3n) is 3.74. The zero-order chi connectivity index (χ0) is 14.6. The average Bonchev–Trinajstić information content (AvgIpc) is 3.07. The van der Waals surface area contributed by atoms with Gasteiger partial charge in [0.05, 0.1) is 10.7 Å². The summed E-state index contributed by atoms with van der Waals surface area (Å²) in [6, 6.07) is 3.09. The van der Waals surface area contributed by atoms with Crippen molar-refractivity contribution < 1.29 is 4.39 Å². The molecule has 0 bridgehead atoms. The van der Waals surface area contributed by atoms with Crippen molar-refractivity contribution in [1.29, 1.82) is 0 Å². The molecule has 0 spiro atoms. The SMILES string of the molecule is Fc1cc(Cl)cnc1[C@H]1CC1c1cc(Cl)nn2ccnc12. The fourth-order valence-corrected chi connectivity index (χ4v) is 3.06. The summed E-state index contributed by atoms with van der Waals surface area (Å²) < 4.78 is 15.6. The summed E-state index contributed by atoms with van der Waals surface area (Å²) in [5.41, 5.74) is 2.17. The Morgan fingerprint density at radius 3 is 2.86 bits per heavy atom. The van der Waals surface area contributed by atoms with Gasteiger partial charge in [-0.25, -0.2) is 13.9 Å². The molecule has 0 N–H and O–H groups in total. The summed E-state index contributed by atoms with van der Waals surface area (Å²) in [4.78, 5) is 8.42. The second kappa shape index (κ2) is 4.64. The van der Waals surface area contributed by atoms with Crippen LogP contribution in [0.1, 0.15) is 29.5 Å². The molecule has 7 heteroatoms. The van der Waals surface area contributed by atoms with Crippen LogP contribution < -0.4 is 0 Å². The van der Waals surface area contributed by atoms with Gasteiger partial charge in [0.15, 0.2) is 5.65 Å². The Morgan fingerprint density at radius 1 is 1.19 bits per heavy atom. The molecule has 1 unspecified atom stereocenters. The van der Waals surface area contributed by atoms with Crippen LogP contribution in [0.25, 0.3) is 5.65 Å². The van der Waals surface area contributed by atoms with E-state index in [4.69, 9.17) is 23.2 Å². The number of fused-ring (bicyclic) bond motifs is 1. The zero-order valence-corrected chi connectivity index (χ0v) is 12.2. The maximum absolute atomic E-state index is 14.0. The van der Waals surface area contributed by atoms with E-state index in [1.54, 1.807) is 23.0 Å². The number of hydrogen-bond donors (Lipinski definition) is 0. The van der Waals surface area contributed by atoms with E-state index in [2.05, 4.69) is 15.1 Å². The minimum atomic E-state index is -0.366. The smallest absolute Gasteiger partial charge is 0.157 e. The Bertz CT molecular complexity index is 848.